The molecule has 2 atom stereocenters. The number of para-hydroxylation sites is 4. The summed E-state index contributed by atoms with van der Waals surface area (Å²) in [5, 5.41) is 2.35. The Balaban J connectivity index is 1.08. The molecule has 0 aliphatic carbocycles. The van der Waals surface area contributed by atoms with E-state index in [0.29, 0.717) is 18.5 Å². The molecule has 0 spiro atoms. The summed E-state index contributed by atoms with van der Waals surface area (Å²) in [5.41, 5.74) is 12.8. The van der Waals surface area contributed by atoms with E-state index < -0.39 is 0 Å². The zero-order valence-corrected chi connectivity index (χ0v) is 40.5. The molecule has 10 rings (SSSR count). The monoisotopic (exact) mass is 878 g/mol. The van der Waals surface area contributed by atoms with Crippen LogP contribution in [0.3, 0.4) is 0 Å². The van der Waals surface area contributed by atoms with Crippen molar-refractivity contribution in [1.29, 1.82) is 0 Å². The Morgan fingerprint density at radius 3 is 1.66 bits per heavy atom. The van der Waals surface area contributed by atoms with E-state index in [1.54, 1.807) is 0 Å². The second-order valence-electron chi connectivity index (χ2n) is 20.4. The predicted molar refractivity (Wildman–Crippen MR) is 281 cm³/mol. The van der Waals surface area contributed by atoms with Crippen LogP contribution in [-0.4, -0.2) is 16.2 Å². The van der Waals surface area contributed by atoms with Gasteiger partial charge in [-0.3, -0.25) is 4.57 Å². The number of rotatable bonds is 11. The average Bonchev–Trinajstić information content (AvgIpc) is 3.89. The van der Waals surface area contributed by atoms with E-state index in [1.807, 2.05) is 6.20 Å². The molecule has 9 aromatic rings. The summed E-state index contributed by atoms with van der Waals surface area (Å²) in [5.74, 6) is 3.05. The first-order chi connectivity index (χ1) is 32.3. The van der Waals surface area contributed by atoms with Gasteiger partial charge in [0.2, 0.25) is 0 Å². The summed E-state index contributed by atoms with van der Waals surface area (Å²) in [6.45, 7) is 21.7. The molecule has 7 aromatic carbocycles. The van der Waals surface area contributed by atoms with Crippen LogP contribution in [0.4, 0.5) is 22.7 Å². The molecule has 0 radical (unpaired) electrons. The molecule has 1 aliphatic heterocycles. The smallest absolute Gasteiger partial charge is 0.137 e. The van der Waals surface area contributed by atoms with Crippen LogP contribution in [0.1, 0.15) is 90.1 Å². The predicted octanol–water partition coefficient (Wildman–Crippen LogP) is 16.4. The second-order valence-corrected chi connectivity index (χ2v) is 20.4. The number of nitrogens with zero attached hydrogens (tertiary/aromatic N) is 4. The maximum atomic E-state index is 6.86. The molecule has 0 saturated carbocycles. The van der Waals surface area contributed by atoms with E-state index in [0.717, 1.165) is 45.1 Å². The van der Waals surface area contributed by atoms with Crippen LogP contribution in [0.15, 0.2) is 188 Å². The minimum Gasteiger partial charge on any atom is -0.457 e. The maximum absolute atomic E-state index is 6.86. The highest BCUT2D eigenvalue weighted by molar-refractivity contribution is 6.09. The van der Waals surface area contributed by atoms with Crippen LogP contribution in [0, 0.1) is 11.8 Å². The number of ether oxygens (including phenoxy) is 1. The Hall–Kier alpha value is -7.11. The lowest BCUT2D eigenvalue weighted by Gasteiger charge is -2.43. The lowest BCUT2D eigenvalue weighted by molar-refractivity contribution is 0.393. The largest absolute Gasteiger partial charge is 0.457 e. The molecule has 1 aliphatic rings. The van der Waals surface area contributed by atoms with Crippen LogP contribution in [0.2, 0.25) is 0 Å². The van der Waals surface area contributed by atoms with Crippen molar-refractivity contribution in [3.63, 3.8) is 0 Å². The molecule has 0 saturated heterocycles. The summed E-state index contributed by atoms with van der Waals surface area (Å²) in [6.07, 6.45) is 1.93. The third kappa shape index (κ3) is 7.46. The highest BCUT2D eigenvalue weighted by Crippen LogP contribution is 2.55. The molecular formula is C62H62N4O. The van der Waals surface area contributed by atoms with Crippen molar-refractivity contribution < 1.29 is 4.74 Å². The van der Waals surface area contributed by atoms with Crippen LogP contribution in [0.25, 0.3) is 27.6 Å². The number of aromatic nitrogens is 2. The standard InChI is InChI=1S/C62H62N4O/c1-42(2)61(8,44-22-12-10-13-23-44)52-29-21-30-53(62(9,43(3)4)45-24-14-11-15-25-45)59(52)65-41-64(55-32-18-19-33-56(55)65)47-26-20-27-48(39-47)67-49-34-35-51-50-28-16-17-31-54(50)66(57(51)40-49)58-38-46(36-37-63-58)60(5,6)7/h10-40,42-43H,41H2,1-9H3. The molecule has 0 N–H and O–H groups in total. The van der Waals surface area contributed by atoms with Crippen LogP contribution in [0.5, 0.6) is 11.5 Å². The summed E-state index contributed by atoms with van der Waals surface area (Å²) in [7, 11) is 0. The Morgan fingerprint density at radius 1 is 0.478 bits per heavy atom. The molecule has 336 valence electrons. The zero-order valence-electron chi connectivity index (χ0n) is 40.5. The van der Waals surface area contributed by atoms with Crippen molar-refractivity contribution in [3.05, 3.63) is 216 Å². The van der Waals surface area contributed by atoms with Crippen molar-refractivity contribution in [2.45, 2.75) is 78.6 Å². The van der Waals surface area contributed by atoms with Gasteiger partial charge in [-0.2, -0.15) is 0 Å². The average molecular weight is 879 g/mol. The van der Waals surface area contributed by atoms with Crippen molar-refractivity contribution in [1.82, 2.24) is 9.55 Å². The van der Waals surface area contributed by atoms with Gasteiger partial charge in [0.15, 0.2) is 0 Å². The first-order valence-electron chi connectivity index (χ1n) is 24.0. The Morgan fingerprint density at radius 2 is 1.03 bits per heavy atom. The van der Waals surface area contributed by atoms with Crippen LogP contribution >= 0.6 is 0 Å². The van der Waals surface area contributed by atoms with Gasteiger partial charge in [0.25, 0.3) is 0 Å². The first-order valence-corrected chi connectivity index (χ1v) is 24.0. The fraction of sp³-hybridized carbons (Fsp3) is 0.242. The van der Waals surface area contributed by atoms with E-state index in [4.69, 9.17) is 9.72 Å². The van der Waals surface area contributed by atoms with Gasteiger partial charge in [0.1, 0.15) is 24.0 Å². The Labute approximate surface area is 397 Å². The number of benzene rings is 7. The lowest BCUT2D eigenvalue weighted by atomic mass is 9.63. The fourth-order valence-corrected chi connectivity index (χ4v) is 10.6. The van der Waals surface area contributed by atoms with E-state index in [-0.39, 0.29) is 16.2 Å². The van der Waals surface area contributed by atoms with Crippen molar-refractivity contribution in [3.8, 4) is 17.3 Å². The highest BCUT2D eigenvalue weighted by atomic mass is 16.5. The van der Waals surface area contributed by atoms with Gasteiger partial charge < -0.3 is 14.5 Å². The zero-order chi connectivity index (χ0) is 46.7. The van der Waals surface area contributed by atoms with Crippen LogP contribution in [-0.2, 0) is 16.2 Å². The minimum atomic E-state index is -0.296. The van der Waals surface area contributed by atoms with Gasteiger partial charge in [-0.15, -0.1) is 0 Å². The fourth-order valence-electron chi connectivity index (χ4n) is 10.6. The number of anilines is 4. The number of hydrogen-bond acceptors (Lipinski definition) is 4. The molecule has 5 heteroatoms. The van der Waals surface area contributed by atoms with Gasteiger partial charge in [0, 0.05) is 45.6 Å². The molecule has 0 fully saturated rings. The molecule has 2 unspecified atom stereocenters. The van der Waals surface area contributed by atoms with Gasteiger partial charge in [-0.05, 0) is 99.7 Å². The molecule has 2 aromatic heterocycles. The minimum absolute atomic E-state index is 0.0119. The van der Waals surface area contributed by atoms with Gasteiger partial charge in [0.05, 0.1) is 28.1 Å². The first kappa shape index (κ1) is 43.8. The molecule has 67 heavy (non-hydrogen) atoms. The number of hydrogen-bond donors (Lipinski definition) is 0. The van der Waals surface area contributed by atoms with Gasteiger partial charge >= 0.3 is 0 Å². The third-order valence-corrected chi connectivity index (χ3v) is 15.1. The summed E-state index contributed by atoms with van der Waals surface area (Å²) in [4.78, 5) is 9.95. The number of fused-ring (bicyclic) bond motifs is 4. The topological polar surface area (TPSA) is 33.5 Å². The van der Waals surface area contributed by atoms with Gasteiger partial charge in [-0.1, -0.05) is 178 Å². The van der Waals surface area contributed by atoms with Crippen molar-refractivity contribution in [2.75, 3.05) is 16.5 Å². The maximum Gasteiger partial charge on any atom is 0.137 e. The SMILES string of the molecule is CC(C)C(C)(c1ccccc1)c1cccc(C(C)(c2ccccc2)C(C)C)c1N1CN(c2cccc(Oc3ccc4c5ccccc5n(-c5cc(C(C)(C)C)ccn5)c4c3)c2)c2ccccc21. The molecule has 0 amide bonds. The Kier molecular flexibility index (Phi) is 11.1. The second kappa shape index (κ2) is 17.0. The summed E-state index contributed by atoms with van der Waals surface area (Å²) >= 11 is 0. The molecule has 3 heterocycles. The van der Waals surface area contributed by atoms with Gasteiger partial charge in [-0.25, -0.2) is 4.98 Å². The van der Waals surface area contributed by atoms with E-state index in [2.05, 4.69) is 259 Å². The summed E-state index contributed by atoms with van der Waals surface area (Å²) < 4.78 is 9.13. The van der Waals surface area contributed by atoms with E-state index >= 15 is 0 Å². The Bertz CT molecular complexity index is 3160. The quantitative estimate of drug-likeness (QED) is 0.130. The summed E-state index contributed by atoms with van der Waals surface area (Å²) in [6, 6.07) is 66.1. The van der Waals surface area contributed by atoms with E-state index in [9.17, 15) is 0 Å². The highest BCUT2D eigenvalue weighted by Gasteiger charge is 2.43. The lowest BCUT2D eigenvalue weighted by Crippen LogP contribution is -2.37. The van der Waals surface area contributed by atoms with Crippen molar-refractivity contribution in [2.24, 2.45) is 11.8 Å². The molecule has 5 nitrogen and oxygen atoms in total. The van der Waals surface area contributed by atoms with Crippen LogP contribution < -0.4 is 14.5 Å². The molecule has 0 bridgehead atoms. The number of pyridine rings is 1. The molecular weight excluding hydrogens is 817 g/mol. The van der Waals surface area contributed by atoms with E-state index in [1.165, 1.54) is 44.6 Å². The normalized spacial score (nSPS) is 14.7. The van der Waals surface area contributed by atoms with Crippen molar-refractivity contribution >= 4 is 44.6 Å². The third-order valence-electron chi connectivity index (χ3n) is 15.1.